The van der Waals surface area contributed by atoms with E-state index in [1.165, 1.54) is 6.07 Å². The zero-order chi connectivity index (χ0) is 15.0. The van der Waals surface area contributed by atoms with Crippen LogP contribution in [0.4, 0.5) is 4.39 Å². The van der Waals surface area contributed by atoms with E-state index in [9.17, 15) is 4.39 Å². The minimum absolute atomic E-state index is 0.153. The van der Waals surface area contributed by atoms with Crippen molar-refractivity contribution < 1.29 is 9.13 Å². The smallest absolute Gasteiger partial charge is 0.188 e. The lowest BCUT2D eigenvalue weighted by Crippen LogP contribution is -2.39. The number of nitrogens with two attached hydrogens (primary N) is 1. The molecule has 0 aliphatic heterocycles. The van der Waals surface area contributed by atoms with E-state index in [1.807, 2.05) is 6.92 Å². The number of guanidine groups is 1. The van der Waals surface area contributed by atoms with Crippen LogP contribution in [0.2, 0.25) is 0 Å². The van der Waals surface area contributed by atoms with Crippen LogP contribution in [0.3, 0.4) is 0 Å². The lowest BCUT2D eigenvalue weighted by molar-refractivity contribution is 0.191. The Morgan fingerprint density at radius 1 is 1.40 bits per heavy atom. The summed E-state index contributed by atoms with van der Waals surface area (Å²) in [6.07, 6.45) is 0.596. The molecule has 0 aromatic heterocycles. The maximum atomic E-state index is 13.5. The Labute approximate surface area is 120 Å². The number of rotatable bonds is 7. The topological polar surface area (TPSA) is 59.6 Å². The first-order chi connectivity index (χ1) is 9.52. The van der Waals surface area contributed by atoms with Crippen LogP contribution in [0.1, 0.15) is 27.2 Å². The fraction of sp³-hybridized carbons (Fsp3) is 0.533. The van der Waals surface area contributed by atoms with Gasteiger partial charge >= 0.3 is 0 Å². The van der Waals surface area contributed by atoms with E-state index in [4.69, 9.17) is 10.5 Å². The summed E-state index contributed by atoms with van der Waals surface area (Å²) >= 11 is 0. The zero-order valence-electron chi connectivity index (χ0n) is 12.4. The van der Waals surface area contributed by atoms with E-state index in [-0.39, 0.29) is 17.7 Å². The highest BCUT2D eigenvalue weighted by Crippen LogP contribution is 2.17. The summed E-state index contributed by atoms with van der Waals surface area (Å²) in [6, 6.07) is 6.39. The quantitative estimate of drug-likeness (QED) is 0.596. The molecule has 0 saturated carbocycles. The summed E-state index contributed by atoms with van der Waals surface area (Å²) in [7, 11) is 0. The van der Waals surface area contributed by atoms with Crippen molar-refractivity contribution >= 4 is 5.96 Å². The molecular formula is C15H24FN3O. The molecule has 3 N–H and O–H groups in total. The van der Waals surface area contributed by atoms with Crippen molar-refractivity contribution in [3.05, 3.63) is 30.1 Å². The third kappa shape index (κ3) is 5.91. The molecule has 1 atom stereocenters. The van der Waals surface area contributed by atoms with Gasteiger partial charge in [-0.2, -0.15) is 0 Å². The molecule has 1 aromatic carbocycles. The number of ether oxygens (including phenoxy) is 1. The van der Waals surface area contributed by atoms with Crippen molar-refractivity contribution in [1.29, 1.82) is 0 Å². The van der Waals surface area contributed by atoms with Crippen molar-refractivity contribution in [3.8, 4) is 5.75 Å². The standard InChI is InChI=1S/C15H24FN3O/c1-4-12(10-19-15(17)18-9-11(2)3)20-14-8-6-5-7-13(14)16/h5-8,11-12H,4,9-10H2,1-3H3,(H3,17,18,19). The molecule has 0 spiro atoms. The van der Waals surface area contributed by atoms with Gasteiger partial charge in [-0.05, 0) is 24.5 Å². The van der Waals surface area contributed by atoms with E-state index in [1.54, 1.807) is 18.2 Å². The summed E-state index contributed by atoms with van der Waals surface area (Å²) in [5, 5.41) is 3.01. The fourth-order valence-electron chi connectivity index (χ4n) is 1.54. The van der Waals surface area contributed by atoms with Crippen molar-refractivity contribution in [2.45, 2.75) is 33.3 Å². The average molecular weight is 281 g/mol. The van der Waals surface area contributed by atoms with Gasteiger partial charge in [-0.25, -0.2) is 4.39 Å². The van der Waals surface area contributed by atoms with Gasteiger partial charge in [0.2, 0.25) is 0 Å². The van der Waals surface area contributed by atoms with Crippen molar-refractivity contribution in [3.63, 3.8) is 0 Å². The summed E-state index contributed by atoms with van der Waals surface area (Å²) in [5.74, 6) is 0.771. The van der Waals surface area contributed by atoms with Crippen LogP contribution in [0.15, 0.2) is 29.3 Å². The van der Waals surface area contributed by atoms with Crippen molar-refractivity contribution in [1.82, 2.24) is 5.32 Å². The Balaban J connectivity index is 2.48. The van der Waals surface area contributed by atoms with E-state index in [2.05, 4.69) is 24.2 Å². The molecule has 0 fully saturated rings. The number of benzene rings is 1. The molecule has 112 valence electrons. The molecule has 0 bridgehead atoms. The van der Waals surface area contributed by atoms with E-state index >= 15 is 0 Å². The number of aliphatic imine (C=N–C) groups is 1. The van der Waals surface area contributed by atoms with Gasteiger partial charge in [0, 0.05) is 6.54 Å². The van der Waals surface area contributed by atoms with Gasteiger partial charge < -0.3 is 15.8 Å². The van der Waals surface area contributed by atoms with Crippen molar-refractivity contribution in [2.75, 3.05) is 13.1 Å². The number of nitrogens with zero attached hydrogens (tertiary/aromatic N) is 1. The minimum Gasteiger partial charge on any atom is -0.486 e. The first-order valence-electron chi connectivity index (χ1n) is 6.97. The molecule has 0 aliphatic rings. The molecule has 0 amide bonds. The Kier molecular flexibility index (Phi) is 6.84. The molecule has 0 aliphatic carbocycles. The predicted octanol–water partition coefficient (Wildman–Crippen LogP) is 2.54. The van der Waals surface area contributed by atoms with Crippen LogP contribution in [-0.2, 0) is 0 Å². The molecule has 5 heteroatoms. The monoisotopic (exact) mass is 281 g/mol. The summed E-state index contributed by atoms with van der Waals surface area (Å²) in [5.41, 5.74) is 5.76. The van der Waals surface area contributed by atoms with Gasteiger partial charge in [0.1, 0.15) is 6.10 Å². The third-order valence-corrected chi connectivity index (χ3v) is 2.72. The van der Waals surface area contributed by atoms with Gasteiger partial charge in [0.15, 0.2) is 17.5 Å². The number of para-hydroxylation sites is 1. The lowest BCUT2D eigenvalue weighted by Gasteiger charge is -2.18. The summed E-state index contributed by atoms with van der Waals surface area (Å²) < 4.78 is 19.1. The largest absolute Gasteiger partial charge is 0.486 e. The Hall–Kier alpha value is -1.78. The van der Waals surface area contributed by atoms with Crippen LogP contribution < -0.4 is 15.8 Å². The second-order valence-corrected chi connectivity index (χ2v) is 5.08. The van der Waals surface area contributed by atoms with Crippen molar-refractivity contribution in [2.24, 2.45) is 16.6 Å². The summed E-state index contributed by atoms with van der Waals surface area (Å²) in [6.45, 7) is 7.32. The molecule has 0 saturated heterocycles. The molecule has 0 radical (unpaired) electrons. The molecule has 4 nitrogen and oxygen atoms in total. The second kappa shape index (κ2) is 8.40. The highest BCUT2D eigenvalue weighted by Gasteiger charge is 2.11. The van der Waals surface area contributed by atoms with Gasteiger partial charge in [0.05, 0.1) is 6.54 Å². The van der Waals surface area contributed by atoms with E-state index in [0.717, 1.165) is 6.42 Å². The second-order valence-electron chi connectivity index (χ2n) is 5.08. The van der Waals surface area contributed by atoms with Gasteiger partial charge in [-0.15, -0.1) is 0 Å². The SMILES string of the molecule is CCC(CNC(N)=NCC(C)C)Oc1ccccc1F. The average Bonchev–Trinajstić information content (AvgIpc) is 2.43. The maximum Gasteiger partial charge on any atom is 0.188 e. The van der Waals surface area contributed by atoms with Crippen LogP contribution in [0.25, 0.3) is 0 Å². The van der Waals surface area contributed by atoms with Crippen LogP contribution >= 0.6 is 0 Å². The minimum atomic E-state index is -0.354. The summed E-state index contributed by atoms with van der Waals surface area (Å²) in [4.78, 5) is 4.21. The number of hydrogen-bond donors (Lipinski definition) is 2. The van der Waals surface area contributed by atoms with Gasteiger partial charge in [-0.1, -0.05) is 32.9 Å². The van der Waals surface area contributed by atoms with E-state index < -0.39 is 0 Å². The Morgan fingerprint density at radius 3 is 2.70 bits per heavy atom. The highest BCUT2D eigenvalue weighted by atomic mass is 19.1. The molecule has 1 unspecified atom stereocenters. The van der Waals surface area contributed by atoms with Crippen LogP contribution in [-0.4, -0.2) is 25.2 Å². The van der Waals surface area contributed by atoms with Gasteiger partial charge in [-0.3, -0.25) is 4.99 Å². The number of nitrogens with one attached hydrogen (secondary N) is 1. The van der Waals surface area contributed by atoms with E-state index in [0.29, 0.717) is 25.0 Å². The molecule has 0 heterocycles. The Morgan fingerprint density at radius 2 is 2.10 bits per heavy atom. The number of hydrogen-bond acceptors (Lipinski definition) is 2. The normalized spacial score (nSPS) is 13.3. The predicted molar refractivity (Wildman–Crippen MR) is 80.4 cm³/mol. The lowest BCUT2D eigenvalue weighted by atomic mass is 10.2. The Bertz CT molecular complexity index is 435. The highest BCUT2D eigenvalue weighted by molar-refractivity contribution is 5.77. The fourth-order valence-corrected chi connectivity index (χ4v) is 1.54. The van der Waals surface area contributed by atoms with Crippen LogP contribution in [0.5, 0.6) is 5.75 Å². The number of halogens is 1. The first-order valence-corrected chi connectivity index (χ1v) is 6.97. The first kappa shape index (κ1) is 16.3. The van der Waals surface area contributed by atoms with Gasteiger partial charge in [0.25, 0.3) is 0 Å². The molecule has 20 heavy (non-hydrogen) atoms. The zero-order valence-corrected chi connectivity index (χ0v) is 12.4. The van der Waals surface area contributed by atoms with Crippen LogP contribution in [0, 0.1) is 11.7 Å². The molecule has 1 aromatic rings. The third-order valence-electron chi connectivity index (χ3n) is 2.72. The maximum absolute atomic E-state index is 13.5. The molecule has 1 rings (SSSR count). The molecular weight excluding hydrogens is 257 g/mol.